The first-order chi connectivity index (χ1) is 8.67. The molecule has 0 aromatic heterocycles. The molecule has 0 aliphatic carbocycles. The third-order valence-corrected chi connectivity index (χ3v) is 2.17. The summed E-state index contributed by atoms with van der Waals surface area (Å²) in [6, 6.07) is 3.41. The van der Waals surface area contributed by atoms with Crippen LogP contribution in [0.4, 0.5) is 14.9 Å². The molecule has 0 atom stereocenters. The van der Waals surface area contributed by atoms with Crippen molar-refractivity contribution in [1.29, 1.82) is 0 Å². The molecule has 0 bridgehead atoms. The molecule has 1 aromatic rings. The Balaban J connectivity index is 2.71. The van der Waals surface area contributed by atoms with Gasteiger partial charge in [-0.25, -0.2) is 14.2 Å². The minimum atomic E-state index is -0.544. The van der Waals surface area contributed by atoms with Crippen molar-refractivity contribution in [2.75, 3.05) is 0 Å². The average molecular weight is 287 g/mol. The van der Waals surface area contributed by atoms with E-state index in [0.29, 0.717) is 5.69 Å². The van der Waals surface area contributed by atoms with E-state index < -0.39 is 11.8 Å². The van der Waals surface area contributed by atoms with Crippen LogP contribution >= 0.6 is 11.6 Å². The molecule has 0 saturated heterocycles. The molecule has 2 amide bonds. The lowest BCUT2D eigenvalue weighted by Crippen LogP contribution is -2.50. The Hall–Kier alpha value is -1.82. The highest BCUT2D eigenvalue weighted by atomic mass is 35.5. The Bertz CT molecular complexity index is 511. The van der Waals surface area contributed by atoms with Gasteiger partial charge in [0.05, 0.1) is 10.7 Å². The topological polar surface area (TPSA) is 79.5 Å². The molecular weight excluding hydrogens is 271 g/mol. The van der Waals surface area contributed by atoms with Crippen molar-refractivity contribution in [1.82, 2.24) is 10.6 Å². The van der Waals surface area contributed by atoms with Crippen LogP contribution in [0.3, 0.4) is 0 Å². The molecule has 104 valence electrons. The number of rotatable bonds is 1. The van der Waals surface area contributed by atoms with Crippen LogP contribution in [0.15, 0.2) is 23.2 Å². The highest BCUT2D eigenvalue weighted by Crippen LogP contribution is 2.21. The van der Waals surface area contributed by atoms with Crippen LogP contribution in [0, 0.1) is 5.82 Å². The number of hydrogen-bond acceptors (Lipinski definition) is 2. The van der Waals surface area contributed by atoms with Crippen molar-refractivity contribution in [3.63, 3.8) is 0 Å². The van der Waals surface area contributed by atoms with E-state index in [9.17, 15) is 9.18 Å². The van der Waals surface area contributed by atoms with E-state index >= 15 is 0 Å². The van der Waals surface area contributed by atoms with E-state index in [2.05, 4.69) is 15.6 Å². The number of amides is 2. The molecule has 0 saturated carbocycles. The number of carbonyl (C=O) groups is 1. The fraction of sp³-hybridized carbons (Fsp3) is 0.333. The number of aliphatic imine (C=N–C) groups is 1. The van der Waals surface area contributed by atoms with E-state index in [-0.39, 0.29) is 16.5 Å². The van der Waals surface area contributed by atoms with Gasteiger partial charge in [-0.1, -0.05) is 11.6 Å². The predicted molar refractivity (Wildman–Crippen MR) is 74.1 cm³/mol. The normalized spacial score (nSPS) is 12.2. The molecule has 0 unspecified atom stereocenters. The first-order valence-electron chi connectivity index (χ1n) is 5.56. The van der Waals surface area contributed by atoms with Gasteiger partial charge in [-0.2, -0.15) is 0 Å². The van der Waals surface area contributed by atoms with Gasteiger partial charge in [-0.15, -0.1) is 0 Å². The Labute approximate surface area is 116 Å². The molecule has 0 aliphatic rings. The van der Waals surface area contributed by atoms with Crippen LogP contribution < -0.4 is 16.4 Å². The molecule has 1 rings (SSSR count). The van der Waals surface area contributed by atoms with E-state index in [1.54, 1.807) is 0 Å². The van der Waals surface area contributed by atoms with Crippen molar-refractivity contribution in [2.45, 2.75) is 26.3 Å². The van der Waals surface area contributed by atoms with Gasteiger partial charge in [0.25, 0.3) is 0 Å². The second kappa shape index (κ2) is 5.88. The maximum absolute atomic E-state index is 12.9. The largest absolute Gasteiger partial charge is 0.369 e. The molecule has 1 aromatic carbocycles. The summed E-state index contributed by atoms with van der Waals surface area (Å²) in [7, 11) is 0. The smallest absolute Gasteiger partial charge is 0.321 e. The maximum atomic E-state index is 12.9. The van der Waals surface area contributed by atoms with Crippen molar-refractivity contribution in [3.05, 3.63) is 29.0 Å². The molecule has 0 heterocycles. The Morgan fingerprint density at radius 3 is 2.58 bits per heavy atom. The molecule has 0 fully saturated rings. The molecule has 0 aliphatic heterocycles. The lowest BCUT2D eigenvalue weighted by atomic mass is 10.1. The Kier molecular flexibility index (Phi) is 4.72. The van der Waals surface area contributed by atoms with Gasteiger partial charge in [0.15, 0.2) is 0 Å². The first kappa shape index (κ1) is 15.2. The van der Waals surface area contributed by atoms with E-state index in [1.807, 2.05) is 20.8 Å². The fourth-order valence-corrected chi connectivity index (χ4v) is 1.38. The summed E-state index contributed by atoms with van der Waals surface area (Å²) < 4.78 is 12.9. The summed E-state index contributed by atoms with van der Waals surface area (Å²) in [6.45, 7) is 5.50. The van der Waals surface area contributed by atoms with Crippen molar-refractivity contribution in [3.8, 4) is 0 Å². The molecule has 5 nitrogen and oxygen atoms in total. The molecular formula is C12H16ClFN4O. The van der Waals surface area contributed by atoms with Crippen LogP contribution in [0.2, 0.25) is 5.02 Å². The standard InChI is InChI=1S/C12H16ClFN4O/c1-12(2,3)18-11(19)17-10(15)16-7-4-5-9(14)8(13)6-7/h4-6H,1-3H3,(H4,15,16,17,18,19). The molecule has 4 N–H and O–H groups in total. The summed E-state index contributed by atoms with van der Waals surface area (Å²) in [5.74, 6) is -0.651. The van der Waals surface area contributed by atoms with Gasteiger partial charge in [0, 0.05) is 5.54 Å². The number of halogens is 2. The second-order valence-corrected chi connectivity index (χ2v) is 5.33. The van der Waals surface area contributed by atoms with E-state index in [0.717, 1.165) is 0 Å². The summed E-state index contributed by atoms with van der Waals surface area (Å²) in [5, 5.41) is 4.96. The lowest BCUT2D eigenvalue weighted by Gasteiger charge is -2.20. The zero-order valence-corrected chi connectivity index (χ0v) is 11.7. The highest BCUT2D eigenvalue weighted by molar-refractivity contribution is 6.31. The van der Waals surface area contributed by atoms with Crippen LogP contribution in [-0.4, -0.2) is 17.5 Å². The van der Waals surface area contributed by atoms with Gasteiger partial charge in [-0.05, 0) is 39.0 Å². The summed E-state index contributed by atoms with van der Waals surface area (Å²) >= 11 is 5.61. The number of nitrogens with zero attached hydrogens (tertiary/aromatic N) is 1. The SMILES string of the molecule is CC(C)(C)NC(=O)NC(N)=Nc1ccc(F)c(Cl)c1. The summed E-state index contributed by atoms with van der Waals surface area (Å²) in [4.78, 5) is 15.4. The van der Waals surface area contributed by atoms with Crippen LogP contribution in [0.5, 0.6) is 0 Å². The Morgan fingerprint density at radius 2 is 2.05 bits per heavy atom. The van der Waals surface area contributed by atoms with Crippen LogP contribution in [0.1, 0.15) is 20.8 Å². The summed E-state index contributed by atoms with van der Waals surface area (Å²) in [6.07, 6.45) is 0. The zero-order chi connectivity index (χ0) is 14.6. The third kappa shape index (κ3) is 5.56. The lowest BCUT2D eigenvalue weighted by molar-refractivity contribution is 0.236. The van der Waals surface area contributed by atoms with Crippen molar-refractivity contribution in [2.24, 2.45) is 10.7 Å². The Morgan fingerprint density at radius 1 is 1.42 bits per heavy atom. The number of guanidine groups is 1. The van der Waals surface area contributed by atoms with E-state index in [4.69, 9.17) is 17.3 Å². The maximum Gasteiger partial charge on any atom is 0.321 e. The molecule has 0 radical (unpaired) electrons. The number of carbonyl (C=O) groups excluding carboxylic acids is 1. The van der Waals surface area contributed by atoms with Gasteiger partial charge >= 0.3 is 6.03 Å². The summed E-state index contributed by atoms with van der Waals surface area (Å²) in [5.41, 5.74) is 5.52. The zero-order valence-electron chi connectivity index (χ0n) is 10.9. The monoisotopic (exact) mass is 286 g/mol. The van der Waals surface area contributed by atoms with Crippen molar-refractivity contribution < 1.29 is 9.18 Å². The number of benzene rings is 1. The first-order valence-corrected chi connectivity index (χ1v) is 5.93. The number of urea groups is 1. The van der Waals surface area contributed by atoms with Gasteiger partial charge < -0.3 is 11.1 Å². The van der Waals surface area contributed by atoms with Gasteiger partial charge in [-0.3, -0.25) is 5.32 Å². The third-order valence-electron chi connectivity index (χ3n) is 1.88. The number of nitrogens with two attached hydrogens (primary N) is 1. The average Bonchev–Trinajstić information content (AvgIpc) is 2.20. The highest BCUT2D eigenvalue weighted by Gasteiger charge is 2.13. The van der Waals surface area contributed by atoms with E-state index in [1.165, 1.54) is 18.2 Å². The minimum Gasteiger partial charge on any atom is -0.369 e. The van der Waals surface area contributed by atoms with Crippen LogP contribution in [0.25, 0.3) is 0 Å². The molecule has 7 heteroatoms. The second-order valence-electron chi connectivity index (χ2n) is 4.92. The number of hydrogen-bond donors (Lipinski definition) is 3. The van der Waals surface area contributed by atoms with Crippen molar-refractivity contribution >= 4 is 29.3 Å². The number of nitrogens with one attached hydrogen (secondary N) is 2. The quantitative estimate of drug-likeness (QED) is 0.548. The van der Waals surface area contributed by atoms with Crippen LogP contribution in [-0.2, 0) is 0 Å². The predicted octanol–water partition coefficient (Wildman–Crippen LogP) is 2.52. The van der Waals surface area contributed by atoms with Gasteiger partial charge in [0.2, 0.25) is 5.96 Å². The molecule has 19 heavy (non-hydrogen) atoms. The molecule has 0 spiro atoms. The minimum absolute atomic E-state index is 0.0619. The fourth-order valence-electron chi connectivity index (χ4n) is 1.21. The van der Waals surface area contributed by atoms with Gasteiger partial charge in [0.1, 0.15) is 5.82 Å².